The van der Waals surface area contributed by atoms with Gasteiger partial charge in [0.15, 0.2) is 0 Å². The maximum Gasteiger partial charge on any atom is 0.345 e. The lowest BCUT2D eigenvalue weighted by atomic mass is 9.78. The van der Waals surface area contributed by atoms with Crippen molar-refractivity contribution in [3.05, 3.63) is 53.1 Å². The van der Waals surface area contributed by atoms with Gasteiger partial charge in [-0.05, 0) is 73.6 Å². The van der Waals surface area contributed by atoms with Gasteiger partial charge in [-0.25, -0.2) is 4.79 Å². The SMILES string of the molecule is CCCCCCCCCCCCOc1ccc(C(=O)Oc2ccc(OCCC[C@H]3CC[C@H](CCCCC)CC3)cc2)c(Cl)c1. The number of hydrogen-bond acceptors (Lipinski definition) is 4. The van der Waals surface area contributed by atoms with Gasteiger partial charge < -0.3 is 14.2 Å². The molecule has 0 saturated heterocycles. The number of esters is 1. The van der Waals surface area contributed by atoms with E-state index in [1.54, 1.807) is 30.3 Å². The largest absolute Gasteiger partial charge is 0.494 e. The number of carbonyl (C=O) groups is 1. The first-order chi connectivity index (χ1) is 21.6. The molecule has 0 amide bonds. The van der Waals surface area contributed by atoms with Crippen LogP contribution >= 0.6 is 11.6 Å². The van der Waals surface area contributed by atoms with Crippen molar-refractivity contribution in [2.75, 3.05) is 13.2 Å². The van der Waals surface area contributed by atoms with Crippen LogP contribution in [0.1, 0.15) is 153 Å². The molecule has 0 aromatic heterocycles. The molecule has 0 bridgehead atoms. The third-order valence-electron chi connectivity index (χ3n) is 9.17. The number of halogens is 1. The number of unbranched alkanes of at least 4 members (excludes halogenated alkanes) is 11. The van der Waals surface area contributed by atoms with Crippen LogP contribution in [-0.2, 0) is 0 Å². The molecule has 1 saturated carbocycles. The minimum Gasteiger partial charge on any atom is -0.494 e. The van der Waals surface area contributed by atoms with Crippen molar-refractivity contribution in [1.29, 1.82) is 0 Å². The minimum atomic E-state index is -0.481. The number of benzene rings is 2. The van der Waals surface area contributed by atoms with Crippen LogP contribution in [0.25, 0.3) is 0 Å². The summed E-state index contributed by atoms with van der Waals surface area (Å²) in [5.74, 6) is 3.29. The molecule has 0 N–H and O–H groups in total. The quantitative estimate of drug-likeness (QED) is 0.0699. The fourth-order valence-corrected chi connectivity index (χ4v) is 6.60. The molecule has 0 unspecified atom stereocenters. The number of carbonyl (C=O) groups excluding carboxylic acids is 1. The van der Waals surface area contributed by atoms with Crippen LogP contribution in [-0.4, -0.2) is 19.2 Å². The molecule has 2 aromatic rings. The molecule has 5 heteroatoms. The summed E-state index contributed by atoms with van der Waals surface area (Å²) in [5.41, 5.74) is 0.327. The van der Waals surface area contributed by atoms with Gasteiger partial charge in [-0.1, -0.05) is 135 Å². The Morgan fingerprint density at radius 3 is 1.70 bits per heavy atom. The number of hydrogen-bond donors (Lipinski definition) is 0. The second-order valence-electron chi connectivity index (χ2n) is 12.9. The Kier molecular flexibility index (Phi) is 18.4. The molecule has 0 heterocycles. The summed E-state index contributed by atoms with van der Waals surface area (Å²) in [7, 11) is 0. The van der Waals surface area contributed by atoms with Crippen molar-refractivity contribution in [2.24, 2.45) is 11.8 Å². The van der Waals surface area contributed by atoms with E-state index in [0.29, 0.717) is 28.7 Å². The zero-order valence-corrected chi connectivity index (χ0v) is 28.5. The standard InChI is InChI=1S/C39H59ClO4/c1-3-5-7-8-9-10-11-12-13-15-29-43-36-27-28-37(38(40)31-36)39(41)44-35-25-23-34(24-26-35)42-30-16-18-33-21-19-32(20-22-33)17-14-6-4-2/h23-28,31-33H,3-22,29-30H2,1-2H3/t32-,33-. The lowest BCUT2D eigenvalue weighted by Gasteiger charge is -2.28. The van der Waals surface area contributed by atoms with Crippen LogP contribution in [0.2, 0.25) is 5.02 Å². The lowest BCUT2D eigenvalue weighted by Crippen LogP contribution is -2.15. The van der Waals surface area contributed by atoms with E-state index in [1.807, 2.05) is 12.1 Å². The molecule has 1 fully saturated rings. The maximum absolute atomic E-state index is 12.8. The summed E-state index contributed by atoms with van der Waals surface area (Å²) >= 11 is 6.42. The van der Waals surface area contributed by atoms with Crippen molar-refractivity contribution >= 4 is 17.6 Å². The molecule has 0 radical (unpaired) electrons. The van der Waals surface area contributed by atoms with Crippen LogP contribution in [0.4, 0.5) is 0 Å². The lowest BCUT2D eigenvalue weighted by molar-refractivity contribution is 0.0734. The summed E-state index contributed by atoms with van der Waals surface area (Å²) in [4.78, 5) is 12.8. The van der Waals surface area contributed by atoms with Crippen molar-refractivity contribution in [3.8, 4) is 17.2 Å². The van der Waals surface area contributed by atoms with Crippen LogP contribution < -0.4 is 14.2 Å². The third-order valence-corrected chi connectivity index (χ3v) is 9.48. The van der Waals surface area contributed by atoms with Crippen LogP contribution in [0.15, 0.2) is 42.5 Å². The number of rotatable bonds is 23. The highest BCUT2D eigenvalue weighted by Gasteiger charge is 2.20. The Hall–Kier alpha value is -2.20. The van der Waals surface area contributed by atoms with E-state index in [-0.39, 0.29) is 0 Å². The second kappa shape index (κ2) is 22.3. The van der Waals surface area contributed by atoms with Crippen molar-refractivity contribution < 1.29 is 19.0 Å². The van der Waals surface area contributed by atoms with Gasteiger partial charge in [0.05, 0.1) is 23.8 Å². The van der Waals surface area contributed by atoms with E-state index in [4.69, 9.17) is 25.8 Å². The zero-order chi connectivity index (χ0) is 31.2. The average Bonchev–Trinajstić information content (AvgIpc) is 3.03. The van der Waals surface area contributed by atoms with E-state index in [1.165, 1.54) is 116 Å². The first-order valence-electron chi connectivity index (χ1n) is 18.0. The summed E-state index contributed by atoms with van der Waals surface area (Å²) in [5, 5.41) is 0.334. The Morgan fingerprint density at radius 2 is 1.09 bits per heavy atom. The summed E-state index contributed by atoms with van der Waals surface area (Å²) in [6.07, 6.45) is 26.4. The summed E-state index contributed by atoms with van der Waals surface area (Å²) < 4.78 is 17.4. The van der Waals surface area contributed by atoms with Crippen LogP contribution in [0.5, 0.6) is 17.2 Å². The molecule has 0 spiro atoms. The van der Waals surface area contributed by atoms with Gasteiger partial charge in [0.2, 0.25) is 0 Å². The number of ether oxygens (including phenoxy) is 3. The molecule has 3 rings (SSSR count). The van der Waals surface area contributed by atoms with Gasteiger partial charge in [0, 0.05) is 0 Å². The van der Waals surface area contributed by atoms with E-state index in [0.717, 1.165) is 37.0 Å². The van der Waals surface area contributed by atoms with Crippen molar-refractivity contribution in [3.63, 3.8) is 0 Å². The Labute approximate surface area is 273 Å². The molecule has 1 aliphatic carbocycles. The second-order valence-corrected chi connectivity index (χ2v) is 13.3. The highest BCUT2D eigenvalue weighted by molar-refractivity contribution is 6.33. The monoisotopic (exact) mass is 626 g/mol. The van der Waals surface area contributed by atoms with Gasteiger partial charge in [-0.3, -0.25) is 0 Å². The first kappa shape index (κ1) is 36.3. The smallest absolute Gasteiger partial charge is 0.345 e. The molecule has 246 valence electrons. The topological polar surface area (TPSA) is 44.8 Å². The Bertz CT molecular complexity index is 1030. The molecular weight excluding hydrogens is 568 g/mol. The van der Waals surface area contributed by atoms with E-state index < -0.39 is 5.97 Å². The van der Waals surface area contributed by atoms with Gasteiger partial charge >= 0.3 is 5.97 Å². The van der Waals surface area contributed by atoms with E-state index >= 15 is 0 Å². The average molecular weight is 627 g/mol. The van der Waals surface area contributed by atoms with Gasteiger partial charge in [0.25, 0.3) is 0 Å². The summed E-state index contributed by atoms with van der Waals surface area (Å²) in [6, 6.07) is 12.4. The third kappa shape index (κ3) is 14.7. The highest BCUT2D eigenvalue weighted by atomic mass is 35.5. The van der Waals surface area contributed by atoms with Gasteiger partial charge in [0.1, 0.15) is 17.2 Å². The van der Waals surface area contributed by atoms with Crippen LogP contribution in [0.3, 0.4) is 0 Å². The van der Waals surface area contributed by atoms with Gasteiger partial charge in [-0.2, -0.15) is 0 Å². The van der Waals surface area contributed by atoms with Crippen LogP contribution in [0, 0.1) is 11.8 Å². The fourth-order valence-electron chi connectivity index (χ4n) is 6.35. The highest BCUT2D eigenvalue weighted by Crippen LogP contribution is 2.34. The molecule has 4 nitrogen and oxygen atoms in total. The Balaban J connectivity index is 1.26. The van der Waals surface area contributed by atoms with Crippen molar-refractivity contribution in [1.82, 2.24) is 0 Å². The molecule has 2 aromatic carbocycles. The van der Waals surface area contributed by atoms with E-state index in [2.05, 4.69) is 13.8 Å². The maximum atomic E-state index is 12.8. The van der Waals surface area contributed by atoms with Crippen molar-refractivity contribution in [2.45, 2.75) is 142 Å². The Morgan fingerprint density at radius 1 is 0.614 bits per heavy atom. The first-order valence-corrected chi connectivity index (χ1v) is 18.3. The summed E-state index contributed by atoms with van der Waals surface area (Å²) in [6.45, 7) is 5.93. The van der Waals surface area contributed by atoms with Gasteiger partial charge in [-0.15, -0.1) is 0 Å². The molecular formula is C39H59ClO4. The van der Waals surface area contributed by atoms with E-state index in [9.17, 15) is 4.79 Å². The predicted octanol–water partition coefficient (Wildman–Crippen LogP) is 12.4. The molecule has 44 heavy (non-hydrogen) atoms. The minimum absolute atomic E-state index is 0.327. The molecule has 0 atom stereocenters. The normalized spacial score (nSPS) is 16.5. The predicted molar refractivity (Wildman–Crippen MR) is 185 cm³/mol. The molecule has 0 aliphatic heterocycles. The zero-order valence-electron chi connectivity index (χ0n) is 27.8. The molecule has 1 aliphatic rings. The fraction of sp³-hybridized carbons (Fsp3) is 0.667.